The summed E-state index contributed by atoms with van der Waals surface area (Å²) in [7, 11) is 1.62. The molecule has 3 aromatic rings. The quantitative estimate of drug-likeness (QED) is 0.781. The number of carbonyl (C=O) groups excluding carboxylic acids is 1. The molecule has 22 heavy (non-hydrogen) atoms. The molecule has 0 saturated heterocycles. The molecule has 0 fully saturated rings. The molecular formula is C16H13ClN2O2S. The van der Waals surface area contributed by atoms with Crippen LogP contribution in [0.4, 0.5) is 5.13 Å². The molecular weight excluding hydrogens is 320 g/mol. The average Bonchev–Trinajstić information content (AvgIpc) is 2.90. The van der Waals surface area contributed by atoms with Gasteiger partial charge in [0.25, 0.3) is 0 Å². The average molecular weight is 333 g/mol. The maximum Gasteiger partial charge on any atom is 0.230 e. The van der Waals surface area contributed by atoms with Crippen LogP contribution in [0.15, 0.2) is 42.5 Å². The van der Waals surface area contributed by atoms with Crippen LogP contribution in [-0.2, 0) is 11.2 Å². The fourth-order valence-electron chi connectivity index (χ4n) is 2.06. The predicted molar refractivity (Wildman–Crippen MR) is 90.0 cm³/mol. The van der Waals surface area contributed by atoms with E-state index in [1.54, 1.807) is 13.2 Å². The number of methoxy groups -OCH3 is 1. The van der Waals surface area contributed by atoms with E-state index < -0.39 is 0 Å². The van der Waals surface area contributed by atoms with Crippen molar-refractivity contribution in [2.24, 2.45) is 0 Å². The van der Waals surface area contributed by atoms with Crippen molar-refractivity contribution >= 4 is 44.2 Å². The maximum absolute atomic E-state index is 12.1. The van der Waals surface area contributed by atoms with Gasteiger partial charge in [0.15, 0.2) is 5.13 Å². The molecule has 112 valence electrons. The van der Waals surface area contributed by atoms with Gasteiger partial charge in [-0.15, -0.1) is 0 Å². The summed E-state index contributed by atoms with van der Waals surface area (Å²) in [6.45, 7) is 0. The van der Waals surface area contributed by atoms with E-state index in [4.69, 9.17) is 16.3 Å². The lowest BCUT2D eigenvalue weighted by Crippen LogP contribution is -2.14. The predicted octanol–water partition coefficient (Wildman–Crippen LogP) is 4.14. The van der Waals surface area contributed by atoms with Crippen molar-refractivity contribution in [3.63, 3.8) is 0 Å². The molecule has 0 aliphatic rings. The van der Waals surface area contributed by atoms with E-state index in [2.05, 4.69) is 10.3 Å². The first-order valence-corrected chi connectivity index (χ1v) is 7.83. The highest BCUT2D eigenvalue weighted by Gasteiger charge is 2.10. The number of benzene rings is 2. The molecule has 0 saturated carbocycles. The molecule has 0 radical (unpaired) electrons. The SMILES string of the molecule is COc1ccc2nc(NC(=O)Cc3ccccc3Cl)sc2c1. The van der Waals surface area contributed by atoms with Gasteiger partial charge in [0.2, 0.25) is 5.91 Å². The second kappa shape index (κ2) is 6.34. The molecule has 4 nitrogen and oxygen atoms in total. The zero-order chi connectivity index (χ0) is 15.5. The van der Waals surface area contributed by atoms with Crippen LogP contribution in [0.25, 0.3) is 10.2 Å². The first-order chi connectivity index (χ1) is 10.7. The standard InChI is InChI=1S/C16H13ClN2O2S/c1-21-11-6-7-13-14(9-11)22-16(18-13)19-15(20)8-10-4-2-3-5-12(10)17/h2-7,9H,8H2,1H3,(H,18,19,20). The minimum absolute atomic E-state index is 0.140. The lowest BCUT2D eigenvalue weighted by atomic mass is 10.1. The smallest absolute Gasteiger partial charge is 0.230 e. The van der Waals surface area contributed by atoms with Gasteiger partial charge < -0.3 is 10.1 Å². The van der Waals surface area contributed by atoms with Crippen LogP contribution in [0.1, 0.15) is 5.56 Å². The molecule has 1 heterocycles. The third-order valence-corrected chi connectivity index (χ3v) is 4.45. The summed E-state index contributed by atoms with van der Waals surface area (Å²) in [5.41, 5.74) is 1.63. The summed E-state index contributed by atoms with van der Waals surface area (Å²) < 4.78 is 6.15. The number of rotatable bonds is 4. The van der Waals surface area contributed by atoms with E-state index in [1.807, 2.05) is 36.4 Å². The van der Waals surface area contributed by atoms with Crippen molar-refractivity contribution in [1.29, 1.82) is 0 Å². The van der Waals surface area contributed by atoms with E-state index in [9.17, 15) is 4.79 Å². The number of fused-ring (bicyclic) bond motifs is 1. The van der Waals surface area contributed by atoms with Gasteiger partial charge in [0.05, 0.1) is 23.7 Å². The molecule has 0 aliphatic carbocycles. The second-order valence-electron chi connectivity index (χ2n) is 4.67. The van der Waals surface area contributed by atoms with Gasteiger partial charge in [-0.3, -0.25) is 4.79 Å². The highest BCUT2D eigenvalue weighted by atomic mass is 35.5. The molecule has 2 aromatic carbocycles. The van der Waals surface area contributed by atoms with Crippen LogP contribution in [0.5, 0.6) is 5.75 Å². The first kappa shape index (κ1) is 14.8. The minimum atomic E-state index is -0.140. The third-order valence-electron chi connectivity index (χ3n) is 3.15. The van der Waals surface area contributed by atoms with Crippen LogP contribution in [0, 0.1) is 0 Å². The molecule has 0 spiro atoms. The number of anilines is 1. The Labute approximate surface area is 136 Å². The Morgan fingerprint density at radius 1 is 1.32 bits per heavy atom. The van der Waals surface area contributed by atoms with Crippen molar-refractivity contribution in [2.45, 2.75) is 6.42 Å². The van der Waals surface area contributed by atoms with E-state index in [-0.39, 0.29) is 12.3 Å². The lowest BCUT2D eigenvalue weighted by Gasteiger charge is -2.03. The summed E-state index contributed by atoms with van der Waals surface area (Å²) in [6, 6.07) is 12.9. The van der Waals surface area contributed by atoms with E-state index >= 15 is 0 Å². The first-order valence-electron chi connectivity index (χ1n) is 6.63. The van der Waals surface area contributed by atoms with Crippen LogP contribution in [0.2, 0.25) is 5.02 Å². The fraction of sp³-hybridized carbons (Fsp3) is 0.125. The van der Waals surface area contributed by atoms with E-state index in [1.165, 1.54) is 11.3 Å². The number of hydrogen-bond donors (Lipinski definition) is 1. The highest BCUT2D eigenvalue weighted by Crippen LogP contribution is 2.29. The Hall–Kier alpha value is -2.11. The summed E-state index contributed by atoms with van der Waals surface area (Å²) in [6.07, 6.45) is 0.221. The monoisotopic (exact) mass is 332 g/mol. The molecule has 1 N–H and O–H groups in total. The minimum Gasteiger partial charge on any atom is -0.497 e. The second-order valence-corrected chi connectivity index (χ2v) is 6.11. The highest BCUT2D eigenvalue weighted by molar-refractivity contribution is 7.22. The molecule has 0 unspecified atom stereocenters. The van der Waals surface area contributed by atoms with Crippen LogP contribution in [-0.4, -0.2) is 18.0 Å². The number of nitrogens with one attached hydrogen (secondary N) is 1. The Kier molecular flexibility index (Phi) is 4.27. The number of thiazole rings is 1. The number of carbonyl (C=O) groups is 1. The summed E-state index contributed by atoms with van der Waals surface area (Å²) in [4.78, 5) is 16.5. The zero-order valence-electron chi connectivity index (χ0n) is 11.8. The zero-order valence-corrected chi connectivity index (χ0v) is 13.4. The number of amides is 1. The molecule has 1 amide bonds. The molecule has 0 atom stereocenters. The number of hydrogen-bond acceptors (Lipinski definition) is 4. The van der Waals surface area contributed by atoms with E-state index in [0.29, 0.717) is 10.2 Å². The van der Waals surface area contributed by atoms with Crippen LogP contribution >= 0.6 is 22.9 Å². The Morgan fingerprint density at radius 2 is 2.14 bits per heavy atom. The summed E-state index contributed by atoms with van der Waals surface area (Å²) in [5.74, 6) is 0.629. The molecule has 3 rings (SSSR count). The summed E-state index contributed by atoms with van der Waals surface area (Å²) in [5, 5.41) is 3.97. The van der Waals surface area contributed by atoms with Crippen molar-refractivity contribution < 1.29 is 9.53 Å². The molecule has 6 heteroatoms. The number of nitrogens with zero attached hydrogens (tertiary/aromatic N) is 1. The van der Waals surface area contributed by atoms with Gasteiger partial charge in [-0.2, -0.15) is 0 Å². The van der Waals surface area contributed by atoms with Gasteiger partial charge in [0, 0.05) is 5.02 Å². The maximum atomic E-state index is 12.1. The fourth-order valence-corrected chi connectivity index (χ4v) is 3.18. The Balaban J connectivity index is 1.75. The van der Waals surface area contributed by atoms with Crippen LogP contribution in [0.3, 0.4) is 0 Å². The molecule has 1 aromatic heterocycles. The van der Waals surface area contributed by atoms with Crippen molar-refractivity contribution in [1.82, 2.24) is 4.98 Å². The summed E-state index contributed by atoms with van der Waals surface area (Å²) >= 11 is 7.48. The molecule has 0 bridgehead atoms. The van der Waals surface area contributed by atoms with Gasteiger partial charge in [-0.05, 0) is 29.8 Å². The van der Waals surface area contributed by atoms with Gasteiger partial charge in [-0.25, -0.2) is 4.98 Å². The van der Waals surface area contributed by atoms with Gasteiger partial charge in [0.1, 0.15) is 5.75 Å². The third kappa shape index (κ3) is 3.21. The van der Waals surface area contributed by atoms with Crippen molar-refractivity contribution in [3.8, 4) is 5.75 Å². The van der Waals surface area contributed by atoms with Crippen LogP contribution < -0.4 is 10.1 Å². The largest absolute Gasteiger partial charge is 0.497 e. The number of aromatic nitrogens is 1. The van der Waals surface area contributed by atoms with Crippen molar-refractivity contribution in [3.05, 3.63) is 53.1 Å². The topological polar surface area (TPSA) is 51.2 Å². The van der Waals surface area contributed by atoms with Gasteiger partial charge >= 0.3 is 0 Å². The molecule has 0 aliphatic heterocycles. The van der Waals surface area contributed by atoms with E-state index in [0.717, 1.165) is 21.5 Å². The number of ether oxygens (including phenoxy) is 1. The Bertz CT molecular complexity index is 832. The Morgan fingerprint density at radius 3 is 2.91 bits per heavy atom. The normalized spacial score (nSPS) is 10.6. The lowest BCUT2D eigenvalue weighted by molar-refractivity contribution is -0.115. The van der Waals surface area contributed by atoms with Crippen molar-refractivity contribution in [2.75, 3.05) is 12.4 Å². The number of halogens is 1. The van der Waals surface area contributed by atoms with Gasteiger partial charge in [-0.1, -0.05) is 41.1 Å².